The molecule has 24 heavy (non-hydrogen) atoms. The number of esters is 1. The first-order chi connectivity index (χ1) is 11.4. The molecule has 0 aliphatic rings. The third-order valence-electron chi connectivity index (χ3n) is 3.69. The highest BCUT2D eigenvalue weighted by atomic mass is 32.1. The molecule has 0 radical (unpaired) electrons. The maximum Gasteiger partial charge on any atom is 0.312 e. The third-order valence-corrected chi connectivity index (χ3v) is 4.55. The number of hydrogen-bond acceptors (Lipinski definition) is 6. The number of amides is 1. The Hall–Kier alpha value is -2.15. The molecule has 130 valence electrons. The Labute approximate surface area is 145 Å². The molecular formula is C17H22N2O4S. The van der Waals surface area contributed by atoms with Crippen LogP contribution in [0.25, 0.3) is 10.8 Å². The topological polar surface area (TPSA) is 81.4 Å². The fourth-order valence-corrected chi connectivity index (χ4v) is 2.54. The van der Waals surface area contributed by atoms with Gasteiger partial charge in [-0.15, -0.1) is 11.3 Å². The molecular weight excluding hydrogens is 328 g/mol. The van der Waals surface area contributed by atoms with E-state index in [0.717, 1.165) is 4.88 Å². The quantitative estimate of drug-likeness (QED) is 0.777. The van der Waals surface area contributed by atoms with E-state index in [0.29, 0.717) is 23.3 Å². The van der Waals surface area contributed by atoms with E-state index in [4.69, 9.17) is 9.15 Å². The van der Waals surface area contributed by atoms with Gasteiger partial charge in [0.05, 0.1) is 17.0 Å². The Kier molecular flexibility index (Phi) is 6.14. The molecule has 0 spiro atoms. The second-order valence-electron chi connectivity index (χ2n) is 5.94. The van der Waals surface area contributed by atoms with Crippen molar-refractivity contribution < 1.29 is 18.7 Å². The van der Waals surface area contributed by atoms with E-state index in [1.165, 1.54) is 11.3 Å². The number of nitrogens with zero attached hydrogens (tertiary/aromatic N) is 1. The van der Waals surface area contributed by atoms with Gasteiger partial charge >= 0.3 is 5.97 Å². The lowest BCUT2D eigenvalue weighted by molar-refractivity contribution is -0.148. The highest BCUT2D eigenvalue weighted by molar-refractivity contribution is 7.13. The number of ether oxygens (including phenoxy) is 1. The first-order valence-corrected chi connectivity index (χ1v) is 8.70. The molecule has 1 N–H and O–H groups in total. The molecule has 1 atom stereocenters. The summed E-state index contributed by atoms with van der Waals surface area (Å²) in [7, 11) is 0. The predicted molar refractivity (Wildman–Crippen MR) is 91.7 cm³/mol. The summed E-state index contributed by atoms with van der Waals surface area (Å²) in [6, 6.07) is 3.84. The van der Waals surface area contributed by atoms with Crippen molar-refractivity contribution in [1.82, 2.24) is 10.3 Å². The zero-order chi connectivity index (χ0) is 17.7. The number of rotatable bonds is 7. The zero-order valence-electron chi connectivity index (χ0n) is 14.3. The smallest absolute Gasteiger partial charge is 0.312 e. The van der Waals surface area contributed by atoms with Gasteiger partial charge in [0.2, 0.25) is 5.89 Å². The number of carbonyl (C=O) groups is 2. The van der Waals surface area contributed by atoms with Gasteiger partial charge in [-0.2, -0.15) is 0 Å². The van der Waals surface area contributed by atoms with Crippen LogP contribution in [0, 0.1) is 12.8 Å². The Morgan fingerprint density at radius 3 is 2.75 bits per heavy atom. The van der Waals surface area contributed by atoms with Crippen LogP contribution in [0.5, 0.6) is 0 Å². The summed E-state index contributed by atoms with van der Waals surface area (Å²) in [6.07, 6.45) is -0.0201. The van der Waals surface area contributed by atoms with Gasteiger partial charge in [-0.25, -0.2) is 4.98 Å². The van der Waals surface area contributed by atoms with Crippen LogP contribution in [0.1, 0.15) is 32.2 Å². The molecule has 0 unspecified atom stereocenters. The summed E-state index contributed by atoms with van der Waals surface area (Å²) in [6.45, 7) is 7.40. The number of oxazole rings is 1. The second-order valence-corrected chi connectivity index (χ2v) is 6.88. The molecule has 0 aromatic carbocycles. The standard InChI is InChI=1S/C17H22N2O4S/c1-10(2)11(3)18-15(20)9-22-16(21)8-13-12(4)23-17(19-13)14-6-5-7-24-14/h5-7,10-11H,8-9H2,1-4H3,(H,18,20)/t11-/m1/s1. The SMILES string of the molecule is Cc1oc(-c2cccs2)nc1CC(=O)OCC(=O)N[C@H](C)C(C)C. The molecule has 1 amide bonds. The van der Waals surface area contributed by atoms with Gasteiger partial charge in [0.25, 0.3) is 5.91 Å². The summed E-state index contributed by atoms with van der Waals surface area (Å²) in [4.78, 5) is 28.9. The first kappa shape index (κ1) is 18.2. The molecule has 2 aromatic rings. The molecule has 2 heterocycles. The molecule has 2 rings (SSSR count). The van der Waals surface area contributed by atoms with Crippen LogP contribution in [0.3, 0.4) is 0 Å². The second kappa shape index (κ2) is 8.10. The summed E-state index contributed by atoms with van der Waals surface area (Å²) >= 11 is 1.51. The highest BCUT2D eigenvalue weighted by Gasteiger charge is 2.17. The Bertz CT molecular complexity index is 692. The van der Waals surface area contributed by atoms with Crippen molar-refractivity contribution in [1.29, 1.82) is 0 Å². The fourth-order valence-electron chi connectivity index (χ4n) is 1.89. The summed E-state index contributed by atoms with van der Waals surface area (Å²) in [5.74, 6) is 0.581. The Morgan fingerprint density at radius 1 is 1.38 bits per heavy atom. The van der Waals surface area contributed by atoms with Crippen LogP contribution in [0.2, 0.25) is 0 Å². The third kappa shape index (κ3) is 4.92. The lowest BCUT2D eigenvalue weighted by Gasteiger charge is -2.17. The molecule has 0 fully saturated rings. The molecule has 2 aromatic heterocycles. The number of carbonyl (C=O) groups excluding carboxylic acids is 2. The van der Waals surface area contributed by atoms with Crippen molar-refractivity contribution in [3.05, 3.63) is 29.0 Å². The molecule has 7 heteroatoms. The van der Waals surface area contributed by atoms with Crippen molar-refractivity contribution in [3.63, 3.8) is 0 Å². The maximum absolute atomic E-state index is 11.9. The molecule has 0 saturated heterocycles. The average Bonchev–Trinajstić information content (AvgIpc) is 3.15. The molecule has 0 saturated carbocycles. The van der Waals surface area contributed by atoms with Crippen LogP contribution in [-0.4, -0.2) is 29.5 Å². The fraction of sp³-hybridized carbons (Fsp3) is 0.471. The number of nitrogens with one attached hydrogen (secondary N) is 1. The highest BCUT2D eigenvalue weighted by Crippen LogP contribution is 2.26. The summed E-state index contributed by atoms with van der Waals surface area (Å²) in [5, 5.41) is 4.71. The van der Waals surface area contributed by atoms with E-state index < -0.39 is 5.97 Å². The maximum atomic E-state index is 11.9. The van der Waals surface area contributed by atoms with E-state index >= 15 is 0 Å². The minimum Gasteiger partial charge on any atom is -0.455 e. The minimum atomic E-state index is -0.503. The van der Waals surface area contributed by atoms with Gasteiger partial charge in [-0.1, -0.05) is 19.9 Å². The van der Waals surface area contributed by atoms with Gasteiger partial charge in [-0.05, 0) is 31.2 Å². The van der Waals surface area contributed by atoms with Crippen molar-refractivity contribution in [2.45, 2.75) is 40.2 Å². The van der Waals surface area contributed by atoms with E-state index in [1.807, 2.05) is 38.3 Å². The van der Waals surface area contributed by atoms with Crippen molar-refractivity contribution in [3.8, 4) is 10.8 Å². The number of aromatic nitrogens is 1. The zero-order valence-corrected chi connectivity index (χ0v) is 15.1. The minimum absolute atomic E-state index is 0.0201. The summed E-state index contributed by atoms with van der Waals surface area (Å²) in [5.41, 5.74) is 0.527. The van der Waals surface area contributed by atoms with E-state index in [9.17, 15) is 9.59 Å². The molecule has 0 aliphatic heterocycles. The van der Waals surface area contributed by atoms with Gasteiger partial charge in [0.1, 0.15) is 5.76 Å². The predicted octanol–water partition coefficient (Wildman–Crippen LogP) is 2.96. The molecule has 0 bridgehead atoms. The van der Waals surface area contributed by atoms with Gasteiger partial charge in [0, 0.05) is 6.04 Å². The van der Waals surface area contributed by atoms with Crippen LogP contribution < -0.4 is 5.32 Å². The van der Waals surface area contributed by atoms with E-state index in [1.54, 1.807) is 6.92 Å². The monoisotopic (exact) mass is 350 g/mol. The first-order valence-electron chi connectivity index (χ1n) is 7.82. The van der Waals surface area contributed by atoms with Crippen molar-refractivity contribution >= 4 is 23.2 Å². The Balaban J connectivity index is 1.86. The molecule has 6 nitrogen and oxygen atoms in total. The molecule has 0 aliphatic carbocycles. The lowest BCUT2D eigenvalue weighted by atomic mass is 10.1. The van der Waals surface area contributed by atoms with Gasteiger partial charge < -0.3 is 14.5 Å². The van der Waals surface area contributed by atoms with E-state index in [-0.39, 0.29) is 25.0 Å². The van der Waals surface area contributed by atoms with Crippen LogP contribution in [0.4, 0.5) is 0 Å². The van der Waals surface area contributed by atoms with Crippen molar-refractivity contribution in [2.75, 3.05) is 6.61 Å². The number of thiophene rings is 1. The van der Waals surface area contributed by atoms with E-state index in [2.05, 4.69) is 10.3 Å². The number of hydrogen-bond donors (Lipinski definition) is 1. The van der Waals surface area contributed by atoms with Crippen LogP contribution in [0.15, 0.2) is 21.9 Å². The summed E-state index contributed by atoms with van der Waals surface area (Å²) < 4.78 is 10.6. The lowest BCUT2D eigenvalue weighted by Crippen LogP contribution is -2.38. The Morgan fingerprint density at radius 2 is 2.12 bits per heavy atom. The van der Waals surface area contributed by atoms with Gasteiger partial charge in [-0.3, -0.25) is 9.59 Å². The van der Waals surface area contributed by atoms with Crippen LogP contribution >= 0.6 is 11.3 Å². The number of aryl methyl sites for hydroxylation is 1. The van der Waals surface area contributed by atoms with Crippen molar-refractivity contribution in [2.24, 2.45) is 5.92 Å². The normalized spacial score (nSPS) is 12.2. The van der Waals surface area contributed by atoms with Crippen LogP contribution in [-0.2, 0) is 20.7 Å². The van der Waals surface area contributed by atoms with Gasteiger partial charge in [0.15, 0.2) is 6.61 Å². The largest absolute Gasteiger partial charge is 0.455 e. The average molecular weight is 350 g/mol.